The first-order chi connectivity index (χ1) is 7.25. The van der Waals surface area contributed by atoms with Gasteiger partial charge in [-0.05, 0) is 44.0 Å². The molecule has 3 heteroatoms. The average molecular weight is 223 g/mol. The van der Waals surface area contributed by atoms with Crippen LogP contribution in [0.1, 0.15) is 18.4 Å². The molecular formula is C12H17NOS. The Balaban J connectivity index is 2.01. The van der Waals surface area contributed by atoms with Crippen LogP contribution in [-0.2, 0) is 10.8 Å². The number of aryl methyl sites for hydroxylation is 1. The third-order valence-electron chi connectivity index (χ3n) is 2.77. The van der Waals surface area contributed by atoms with Crippen molar-refractivity contribution in [3.05, 3.63) is 29.8 Å². The fourth-order valence-electron chi connectivity index (χ4n) is 1.93. The maximum Gasteiger partial charge on any atom is 0.0545 e. The van der Waals surface area contributed by atoms with Gasteiger partial charge in [-0.2, -0.15) is 0 Å². The zero-order chi connectivity index (χ0) is 10.7. The molecule has 0 spiro atoms. The van der Waals surface area contributed by atoms with Gasteiger partial charge in [-0.25, -0.2) is 0 Å². The summed E-state index contributed by atoms with van der Waals surface area (Å²) in [5, 5.41) is 3.38. The lowest BCUT2D eigenvalue weighted by atomic mass is 10.2. The van der Waals surface area contributed by atoms with Crippen LogP contribution in [0.3, 0.4) is 0 Å². The van der Waals surface area contributed by atoms with E-state index in [1.54, 1.807) is 0 Å². The number of rotatable bonds is 3. The van der Waals surface area contributed by atoms with E-state index in [2.05, 4.69) is 5.32 Å². The van der Waals surface area contributed by atoms with Crippen LogP contribution in [0.5, 0.6) is 0 Å². The molecule has 2 atom stereocenters. The van der Waals surface area contributed by atoms with E-state index in [4.69, 9.17) is 0 Å². The molecule has 2 rings (SSSR count). The van der Waals surface area contributed by atoms with Crippen LogP contribution in [0, 0.1) is 6.92 Å². The molecule has 0 radical (unpaired) electrons. The number of benzene rings is 1. The topological polar surface area (TPSA) is 29.1 Å². The maximum atomic E-state index is 12.0. The Hall–Kier alpha value is -0.670. The first kappa shape index (κ1) is 10.8. The molecule has 1 aliphatic heterocycles. The van der Waals surface area contributed by atoms with E-state index in [1.807, 2.05) is 31.2 Å². The zero-order valence-electron chi connectivity index (χ0n) is 9.03. The largest absolute Gasteiger partial charge is 0.313 e. The van der Waals surface area contributed by atoms with Gasteiger partial charge in [0.25, 0.3) is 0 Å². The summed E-state index contributed by atoms with van der Waals surface area (Å²) < 4.78 is 12.0. The van der Waals surface area contributed by atoms with Crippen LogP contribution in [0.15, 0.2) is 29.2 Å². The minimum Gasteiger partial charge on any atom is -0.313 e. The van der Waals surface area contributed by atoms with E-state index < -0.39 is 10.8 Å². The van der Waals surface area contributed by atoms with Crippen molar-refractivity contribution in [3.63, 3.8) is 0 Å². The highest BCUT2D eigenvalue weighted by molar-refractivity contribution is 7.85. The summed E-state index contributed by atoms with van der Waals surface area (Å²) in [6.07, 6.45) is 2.38. The normalized spacial score (nSPS) is 22.9. The minimum atomic E-state index is -0.846. The summed E-state index contributed by atoms with van der Waals surface area (Å²) in [6.45, 7) is 3.12. The van der Waals surface area contributed by atoms with Crippen molar-refractivity contribution in [1.82, 2.24) is 5.32 Å². The molecule has 15 heavy (non-hydrogen) atoms. The van der Waals surface area contributed by atoms with Crippen molar-refractivity contribution >= 4 is 10.8 Å². The van der Waals surface area contributed by atoms with Crippen molar-refractivity contribution < 1.29 is 4.21 Å². The fourth-order valence-corrected chi connectivity index (χ4v) is 3.32. The van der Waals surface area contributed by atoms with Gasteiger partial charge in [-0.3, -0.25) is 4.21 Å². The predicted molar refractivity (Wildman–Crippen MR) is 63.5 cm³/mol. The first-order valence-corrected chi connectivity index (χ1v) is 6.76. The van der Waals surface area contributed by atoms with E-state index in [0.29, 0.717) is 6.04 Å². The summed E-state index contributed by atoms with van der Waals surface area (Å²) in [5.74, 6) is 0.753. The third kappa shape index (κ3) is 2.89. The van der Waals surface area contributed by atoms with Gasteiger partial charge in [0, 0.05) is 16.7 Å². The van der Waals surface area contributed by atoms with Gasteiger partial charge in [0.1, 0.15) is 0 Å². The molecule has 2 unspecified atom stereocenters. The van der Waals surface area contributed by atoms with Gasteiger partial charge in [-0.15, -0.1) is 0 Å². The fraction of sp³-hybridized carbons (Fsp3) is 0.500. The van der Waals surface area contributed by atoms with Crippen molar-refractivity contribution in [1.29, 1.82) is 0 Å². The summed E-state index contributed by atoms with van der Waals surface area (Å²) in [5.41, 5.74) is 1.18. The monoisotopic (exact) mass is 223 g/mol. The average Bonchev–Trinajstić information content (AvgIpc) is 2.70. The molecular weight excluding hydrogens is 206 g/mol. The highest BCUT2D eigenvalue weighted by Gasteiger charge is 2.17. The molecule has 1 aromatic carbocycles. The second kappa shape index (κ2) is 4.90. The smallest absolute Gasteiger partial charge is 0.0545 e. The number of nitrogens with one attached hydrogen (secondary N) is 1. The third-order valence-corrected chi connectivity index (χ3v) is 4.25. The summed E-state index contributed by atoms with van der Waals surface area (Å²) in [6, 6.07) is 8.44. The van der Waals surface area contributed by atoms with Crippen LogP contribution in [0.25, 0.3) is 0 Å². The van der Waals surface area contributed by atoms with Crippen LogP contribution in [0.4, 0.5) is 0 Å². The molecule has 1 aliphatic rings. The van der Waals surface area contributed by atoms with Crippen molar-refractivity contribution in [3.8, 4) is 0 Å². The second-order valence-electron chi connectivity index (χ2n) is 4.12. The Kier molecular flexibility index (Phi) is 3.54. The van der Waals surface area contributed by atoms with E-state index in [0.717, 1.165) is 23.6 Å². The Morgan fingerprint density at radius 1 is 1.53 bits per heavy atom. The van der Waals surface area contributed by atoms with Crippen LogP contribution in [0.2, 0.25) is 0 Å². The first-order valence-electron chi connectivity index (χ1n) is 5.44. The molecule has 0 saturated carbocycles. The van der Waals surface area contributed by atoms with Crippen LogP contribution >= 0.6 is 0 Å². The van der Waals surface area contributed by atoms with Gasteiger partial charge in [0.05, 0.1) is 10.8 Å². The van der Waals surface area contributed by atoms with Crippen LogP contribution in [-0.4, -0.2) is 22.5 Å². The minimum absolute atomic E-state index is 0.450. The lowest BCUT2D eigenvalue weighted by molar-refractivity contribution is 0.643. The number of hydrogen-bond acceptors (Lipinski definition) is 2. The molecule has 0 aliphatic carbocycles. The molecule has 0 bridgehead atoms. The van der Waals surface area contributed by atoms with Crippen molar-refractivity contribution in [2.75, 3.05) is 12.3 Å². The van der Waals surface area contributed by atoms with Crippen molar-refractivity contribution in [2.24, 2.45) is 0 Å². The number of hydrogen-bond donors (Lipinski definition) is 1. The predicted octanol–water partition coefficient (Wildman–Crippen LogP) is 1.85. The van der Waals surface area contributed by atoms with Gasteiger partial charge >= 0.3 is 0 Å². The standard InChI is InChI=1S/C12H17NOS/c1-10-4-2-6-12(8-10)15(14)9-11-5-3-7-13-11/h2,4,6,8,11,13H,3,5,7,9H2,1H3. The molecule has 1 aromatic rings. The van der Waals surface area contributed by atoms with E-state index in [1.165, 1.54) is 12.0 Å². The Labute approximate surface area is 93.5 Å². The highest BCUT2D eigenvalue weighted by Crippen LogP contribution is 2.13. The van der Waals surface area contributed by atoms with E-state index in [-0.39, 0.29) is 0 Å². The van der Waals surface area contributed by atoms with Crippen LogP contribution < -0.4 is 5.32 Å². The lowest BCUT2D eigenvalue weighted by Crippen LogP contribution is -2.27. The molecule has 1 saturated heterocycles. The summed E-state index contributed by atoms with van der Waals surface area (Å²) >= 11 is 0. The summed E-state index contributed by atoms with van der Waals surface area (Å²) in [4.78, 5) is 0.962. The Morgan fingerprint density at radius 3 is 3.07 bits per heavy atom. The zero-order valence-corrected chi connectivity index (χ0v) is 9.85. The lowest BCUT2D eigenvalue weighted by Gasteiger charge is -2.09. The molecule has 1 N–H and O–H groups in total. The van der Waals surface area contributed by atoms with E-state index >= 15 is 0 Å². The van der Waals surface area contributed by atoms with Gasteiger partial charge in [0.2, 0.25) is 0 Å². The van der Waals surface area contributed by atoms with Gasteiger partial charge in [0.15, 0.2) is 0 Å². The van der Waals surface area contributed by atoms with Gasteiger partial charge < -0.3 is 5.32 Å². The van der Waals surface area contributed by atoms with Crippen molar-refractivity contribution in [2.45, 2.75) is 30.7 Å². The summed E-state index contributed by atoms with van der Waals surface area (Å²) in [7, 11) is -0.846. The second-order valence-corrected chi connectivity index (χ2v) is 5.62. The SMILES string of the molecule is Cc1cccc(S(=O)CC2CCCN2)c1. The van der Waals surface area contributed by atoms with E-state index in [9.17, 15) is 4.21 Å². The van der Waals surface area contributed by atoms with Gasteiger partial charge in [-0.1, -0.05) is 12.1 Å². The molecule has 1 heterocycles. The molecule has 0 aromatic heterocycles. The maximum absolute atomic E-state index is 12.0. The molecule has 1 fully saturated rings. The molecule has 82 valence electrons. The molecule has 2 nitrogen and oxygen atoms in total. The quantitative estimate of drug-likeness (QED) is 0.847. The highest BCUT2D eigenvalue weighted by atomic mass is 32.2. The Morgan fingerprint density at radius 2 is 2.40 bits per heavy atom. The molecule has 0 amide bonds. The Bertz CT molecular complexity index is 358.